The van der Waals surface area contributed by atoms with Gasteiger partial charge in [-0.25, -0.2) is 13.8 Å². The quantitative estimate of drug-likeness (QED) is 0.804. The SMILES string of the molecule is CC(C)(C)C(N)c1nc2c(F)c(F)ccc2[nH]1. The summed E-state index contributed by atoms with van der Waals surface area (Å²) in [6.07, 6.45) is 0. The maximum atomic E-state index is 13.5. The van der Waals surface area contributed by atoms with Gasteiger partial charge in [0.05, 0.1) is 11.6 Å². The molecule has 2 aromatic rings. The number of nitrogens with zero attached hydrogens (tertiary/aromatic N) is 1. The van der Waals surface area contributed by atoms with Gasteiger partial charge in [-0.2, -0.15) is 0 Å². The van der Waals surface area contributed by atoms with Crippen LogP contribution >= 0.6 is 0 Å². The molecule has 0 radical (unpaired) electrons. The number of aromatic amines is 1. The summed E-state index contributed by atoms with van der Waals surface area (Å²) in [7, 11) is 0. The maximum Gasteiger partial charge on any atom is 0.186 e. The Balaban J connectivity index is 2.56. The van der Waals surface area contributed by atoms with Crippen LogP contribution in [0.5, 0.6) is 0 Å². The number of halogens is 2. The van der Waals surface area contributed by atoms with Gasteiger partial charge in [0.15, 0.2) is 11.6 Å². The predicted octanol–water partition coefficient (Wildman–Crippen LogP) is 2.89. The lowest BCUT2D eigenvalue weighted by atomic mass is 9.87. The third kappa shape index (κ3) is 2.02. The highest BCUT2D eigenvalue weighted by atomic mass is 19.2. The zero-order chi connectivity index (χ0) is 12.8. The van der Waals surface area contributed by atoms with Gasteiger partial charge in [-0.15, -0.1) is 0 Å². The van der Waals surface area contributed by atoms with Crippen LogP contribution < -0.4 is 5.73 Å². The molecule has 17 heavy (non-hydrogen) atoms. The Hall–Kier alpha value is -1.49. The summed E-state index contributed by atoms with van der Waals surface area (Å²) >= 11 is 0. The lowest BCUT2D eigenvalue weighted by molar-refractivity contribution is 0.317. The third-order valence-corrected chi connectivity index (χ3v) is 2.79. The number of fused-ring (bicyclic) bond motifs is 1. The highest BCUT2D eigenvalue weighted by Crippen LogP contribution is 2.30. The van der Waals surface area contributed by atoms with Gasteiger partial charge in [-0.3, -0.25) is 0 Å². The van der Waals surface area contributed by atoms with Crippen molar-refractivity contribution < 1.29 is 8.78 Å². The van der Waals surface area contributed by atoms with E-state index in [4.69, 9.17) is 5.73 Å². The number of rotatable bonds is 1. The number of benzene rings is 1. The second-order valence-corrected chi connectivity index (χ2v) is 5.22. The third-order valence-electron chi connectivity index (χ3n) is 2.79. The van der Waals surface area contributed by atoms with Gasteiger partial charge in [0.1, 0.15) is 11.3 Å². The molecule has 0 bridgehead atoms. The number of hydrogen-bond acceptors (Lipinski definition) is 2. The van der Waals surface area contributed by atoms with E-state index in [1.807, 2.05) is 20.8 Å². The molecular formula is C12H15F2N3. The van der Waals surface area contributed by atoms with Crippen molar-refractivity contribution in [3.63, 3.8) is 0 Å². The van der Waals surface area contributed by atoms with Crippen molar-refractivity contribution in [1.82, 2.24) is 9.97 Å². The van der Waals surface area contributed by atoms with Crippen LogP contribution in [0.1, 0.15) is 32.6 Å². The van der Waals surface area contributed by atoms with Crippen molar-refractivity contribution in [1.29, 1.82) is 0 Å². The summed E-state index contributed by atoms with van der Waals surface area (Å²) in [5, 5.41) is 0. The molecule has 1 unspecified atom stereocenters. The van der Waals surface area contributed by atoms with E-state index in [-0.39, 0.29) is 17.0 Å². The average Bonchev–Trinajstić information content (AvgIpc) is 2.65. The first-order chi connectivity index (χ1) is 7.80. The lowest BCUT2D eigenvalue weighted by Crippen LogP contribution is -2.27. The van der Waals surface area contributed by atoms with E-state index in [1.165, 1.54) is 6.07 Å². The molecule has 0 saturated carbocycles. The van der Waals surface area contributed by atoms with Crippen molar-refractivity contribution in [3.05, 3.63) is 29.6 Å². The molecule has 0 amide bonds. The van der Waals surface area contributed by atoms with E-state index < -0.39 is 11.6 Å². The van der Waals surface area contributed by atoms with Gasteiger partial charge in [-0.05, 0) is 17.5 Å². The van der Waals surface area contributed by atoms with Crippen LogP contribution in [0.25, 0.3) is 11.0 Å². The second kappa shape index (κ2) is 3.77. The molecule has 1 heterocycles. The van der Waals surface area contributed by atoms with Crippen LogP contribution in [-0.4, -0.2) is 9.97 Å². The standard InChI is InChI=1S/C12H15F2N3/c1-12(2,3)10(15)11-16-7-5-4-6(13)8(14)9(7)17-11/h4-5,10H,15H2,1-3H3,(H,16,17). The van der Waals surface area contributed by atoms with Crippen LogP contribution in [0.4, 0.5) is 8.78 Å². The molecule has 92 valence electrons. The summed E-state index contributed by atoms with van der Waals surface area (Å²) in [4.78, 5) is 6.97. The fraction of sp³-hybridized carbons (Fsp3) is 0.417. The average molecular weight is 239 g/mol. The first kappa shape index (κ1) is 12.0. The van der Waals surface area contributed by atoms with Crippen LogP contribution in [0, 0.1) is 17.0 Å². The fourth-order valence-corrected chi connectivity index (χ4v) is 1.59. The lowest BCUT2D eigenvalue weighted by Gasteiger charge is -2.24. The molecule has 0 aliphatic heterocycles. The smallest absolute Gasteiger partial charge is 0.186 e. The first-order valence-corrected chi connectivity index (χ1v) is 5.40. The topological polar surface area (TPSA) is 54.7 Å². The molecule has 0 aliphatic rings. The van der Waals surface area contributed by atoms with Crippen LogP contribution in [0.15, 0.2) is 12.1 Å². The monoisotopic (exact) mass is 239 g/mol. The van der Waals surface area contributed by atoms with Crippen molar-refractivity contribution >= 4 is 11.0 Å². The van der Waals surface area contributed by atoms with Crippen LogP contribution in [-0.2, 0) is 0 Å². The van der Waals surface area contributed by atoms with Gasteiger partial charge in [0.25, 0.3) is 0 Å². The molecule has 0 aliphatic carbocycles. The highest BCUT2D eigenvalue weighted by Gasteiger charge is 2.25. The summed E-state index contributed by atoms with van der Waals surface area (Å²) < 4.78 is 26.5. The molecule has 1 aromatic carbocycles. The van der Waals surface area contributed by atoms with E-state index in [0.717, 1.165) is 6.07 Å². The molecule has 0 fully saturated rings. The molecule has 0 saturated heterocycles. The van der Waals surface area contributed by atoms with Crippen LogP contribution in [0.3, 0.4) is 0 Å². The number of nitrogens with two attached hydrogens (primary N) is 1. The van der Waals surface area contributed by atoms with Crippen molar-refractivity contribution in [2.75, 3.05) is 0 Å². The van der Waals surface area contributed by atoms with Crippen LogP contribution in [0.2, 0.25) is 0 Å². The Morgan fingerprint density at radius 1 is 1.29 bits per heavy atom. The van der Waals surface area contributed by atoms with E-state index in [0.29, 0.717) is 11.3 Å². The zero-order valence-electron chi connectivity index (χ0n) is 10.0. The molecule has 3 nitrogen and oxygen atoms in total. The van der Waals surface area contributed by atoms with Crippen molar-refractivity contribution in [2.45, 2.75) is 26.8 Å². The molecule has 3 N–H and O–H groups in total. The Kier molecular flexibility index (Phi) is 2.66. The van der Waals surface area contributed by atoms with E-state index in [1.54, 1.807) is 0 Å². The van der Waals surface area contributed by atoms with E-state index in [2.05, 4.69) is 9.97 Å². The minimum Gasteiger partial charge on any atom is -0.341 e. The largest absolute Gasteiger partial charge is 0.341 e. The summed E-state index contributed by atoms with van der Waals surface area (Å²) in [6.45, 7) is 5.88. The number of H-pyrrole nitrogens is 1. The molecule has 0 spiro atoms. The fourth-order valence-electron chi connectivity index (χ4n) is 1.59. The molecule has 1 aromatic heterocycles. The molecule has 5 heteroatoms. The van der Waals surface area contributed by atoms with Crippen molar-refractivity contribution in [2.24, 2.45) is 11.1 Å². The van der Waals surface area contributed by atoms with Gasteiger partial charge >= 0.3 is 0 Å². The van der Waals surface area contributed by atoms with E-state index >= 15 is 0 Å². The van der Waals surface area contributed by atoms with Gasteiger partial charge in [0.2, 0.25) is 0 Å². The molecule has 1 atom stereocenters. The number of hydrogen-bond donors (Lipinski definition) is 2. The Labute approximate surface area is 98.0 Å². The predicted molar refractivity (Wildman–Crippen MR) is 62.4 cm³/mol. The molecule has 2 rings (SSSR count). The normalized spacial score (nSPS) is 14.2. The van der Waals surface area contributed by atoms with Gasteiger partial charge < -0.3 is 10.7 Å². The summed E-state index contributed by atoms with van der Waals surface area (Å²) in [6, 6.07) is 2.17. The number of aromatic nitrogens is 2. The first-order valence-electron chi connectivity index (χ1n) is 5.40. The Bertz CT molecular complexity index is 555. The minimum absolute atomic E-state index is 0.000278. The van der Waals surface area contributed by atoms with Gasteiger partial charge in [0, 0.05) is 0 Å². The Morgan fingerprint density at radius 2 is 1.94 bits per heavy atom. The summed E-state index contributed by atoms with van der Waals surface area (Å²) in [5.74, 6) is -1.37. The number of nitrogens with one attached hydrogen (secondary N) is 1. The minimum atomic E-state index is -0.939. The Morgan fingerprint density at radius 3 is 2.53 bits per heavy atom. The highest BCUT2D eigenvalue weighted by molar-refractivity contribution is 5.75. The second-order valence-electron chi connectivity index (χ2n) is 5.22. The molecular weight excluding hydrogens is 224 g/mol. The zero-order valence-corrected chi connectivity index (χ0v) is 10.0. The maximum absolute atomic E-state index is 13.5. The van der Waals surface area contributed by atoms with Gasteiger partial charge in [-0.1, -0.05) is 20.8 Å². The summed E-state index contributed by atoms with van der Waals surface area (Å²) in [5.41, 5.74) is 6.27. The number of imidazole rings is 1. The van der Waals surface area contributed by atoms with E-state index in [9.17, 15) is 8.78 Å². The van der Waals surface area contributed by atoms with Crippen molar-refractivity contribution in [3.8, 4) is 0 Å².